The van der Waals surface area contributed by atoms with E-state index in [0.717, 1.165) is 16.5 Å². The molecule has 1 aromatic carbocycles. The van der Waals surface area contributed by atoms with Gasteiger partial charge in [-0.05, 0) is 32.3 Å². The summed E-state index contributed by atoms with van der Waals surface area (Å²) in [6.07, 6.45) is 2.37. The molecule has 5 nitrogen and oxygen atoms in total. The Morgan fingerprint density at radius 1 is 1.36 bits per heavy atom. The fourth-order valence-electron chi connectivity index (χ4n) is 2.44. The van der Waals surface area contributed by atoms with Gasteiger partial charge >= 0.3 is 0 Å². The minimum Gasteiger partial charge on any atom is -0.349 e. The molecule has 2 aromatic rings. The monoisotopic (exact) mass is 316 g/mol. The number of nitrogens with zero attached hydrogens (tertiary/aromatic N) is 3. The Kier molecular flexibility index (Phi) is 4.47. The first kappa shape index (κ1) is 15.1. The van der Waals surface area contributed by atoms with E-state index in [1.54, 1.807) is 0 Å². The maximum Gasteiger partial charge on any atom is 0.230 e. The lowest BCUT2D eigenvalue weighted by Gasteiger charge is -2.14. The van der Waals surface area contributed by atoms with Gasteiger partial charge in [-0.1, -0.05) is 42.1 Å². The minimum atomic E-state index is 0.0114. The number of amides is 1. The van der Waals surface area contributed by atoms with Gasteiger partial charge in [0.1, 0.15) is 5.82 Å². The highest BCUT2D eigenvalue weighted by atomic mass is 32.2. The van der Waals surface area contributed by atoms with Gasteiger partial charge in [0.2, 0.25) is 5.91 Å². The van der Waals surface area contributed by atoms with Crippen molar-refractivity contribution in [3.8, 4) is 0 Å². The number of benzene rings is 1. The van der Waals surface area contributed by atoms with Gasteiger partial charge in [0.25, 0.3) is 0 Å². The van der Waals surface area contributed by atoms with Crippen molar-refractivity contribution in [3.05, 3.63) is 41.7 Å². The van der Waals surface area contributed by atoms with Gasteiger partial charge in [-0.2, -0.15) is 0 Å². The lowest BCUT2D eigenvalue weighted by atomic mass is 10.1. The third-order valence-corrected chi connectivity index (χ3v) is 4.70. The summed E-state index contributed by atoms with van der Waals surface area (Å²) in [7, 11) is 0. The summed E-state index contributed by atoms with van der Waals surface area (Å²) in [5.41, 5.74) is 1.11. The summed E-state index contributed by atoms with van der Waals surface area (Å²) in [6, 6.07) is 10.5. The Morgan fingerprint density at radius 3 is 2.77 bits per heavy atom. The highest BCUT2D eigenvalue weighted by molar-refractivity contribution is 7.99. The molecule has 1 heterocycles. The van der Waals surface area contributed by atoms with Crippen molar-refractivity contribution in [1.82, 2.24) is 20.1 Å². The quantitative estimate of drug-likeness (QED) is 0.833. The minimum absolute atomic E-state index is 0.0114. The van der Waals surface area contributed by atoms with Crippen molar-refractivity contribution in [2.24, 2.45) is 0 Å². The molecule has 0 aliphatic heterocycles. The largest absolute Gasteiger partial charge is 0.349 e. The van der Waals surface area contributed by atoms with Crippen LogP contribution in [0.25, 0.3) is 0 Å². The van der Waals surface area contributed by atoms with Gasteiger partial charge < -0.3 is 9.88 Å². The third kappa shape index (κ3) is 3.50. The summed E-state index contributed by atoms with van der Waals surface area (Å²) >= 11 is 1.46. The highest BCUT2D eigenvalue weighted by Crippen LogP contribution is 2.38. The molecule has 0 unspecified atom stereocenters. The second-order valence-corrected chi connectivity index (χ2v) is 6.56. The number of carbonyl (C=O) groups excluding carboxylic acids is 1. The van der Waals surface area contributed by atoms with Crippen LogP contribution in [-0.4, -0.2) is 26.4 Å². The van der Waals surface area contributed by atoms with Crippen LogP contribution < -0.4 is 5.32 Å². The second-order valence-electron chi connectivity index (χ2n) is 5.62. The molecule has 1 saturated carbocycles. The lowest BCUT2D eigenvalue weighted by Crippen LogP contribution is -2.28. The molecule has 0 bridgehead atoms. The SMILES string of the molecule is Cc1nnc(SCC(=O)N[C@H](C)c2ccccc2)n1C1CC1. The summed E-state index contributed by atoms with van der Waals surface area (Å²) in [5.74, 6) is 1.31. The van der Waals surface area contributed by atoms with Crippen molar-refractivity contribution in [2.75, 3.05) is 5.75 Å². The molecule has 1 aliphatic rings. The molecule has 3 rings (SSSR count). The molecule has 0 saturated heterocycles. The van der Waals surface area contributed by atoms with Crippen LogP contribution in [0.4, 0.5) is 0 Å². The molecule has 22 heavy (non-hydrogen) atoms. The van der Waals surface area contributed by atoms with Crippen LogP contribution in [0.5, 0.6) is 0 Å². The van der Waals surface area contributed by atoms with E-state index in [0.29, 0.717) is 11.8 Å². The van der Waals surface area contributed by atoms with Gasteiger partial charge in [0.05, 0.1) is 11.8 Å². The van der Waals surface area contributed by atoms with E-state index in [2.05, 4.69) is 20.1 Å². The maximum absolute atomic E-state index is 12.1. The van der Waals surface area contributed by atoms with E-state index in [1.165, 1.54) is 24.6 Å². The normalized spacial score (nSPS) is 15.5. The van der Waals surface area contributed by atoms with Crippen molar-refractivity contribution >= 4 is 17.7 Å². The fraction of sp³-hybridized carbons (Fsp3) is 0.438. The van der Waals surface area contributed by atoms with Crippen molar-refractivity contribution in [2.45, 2.75) is 43.9 Å². The highest BCUT2D eigenvalue weighted by Gasteiger charge is 2.28. The predicted molar refractivity (Wildman–Crippen MR) is 86.8 cm³/mol. The van der Waals surface area contributed by atoms with E-state index in [1.807, 2.05) is 44.2 Å². The summed E-state index contributed by atoms with van der Waals surface area (Å²) in [4.78, 5) is 12.1. The first-order valence-corrected chi connectivity index (χ1v) is 8.52. The standard InChI is InChI=1S/C16H20N4OS/c1-11(13-6-4-3-5-7-13)17-15(21)10-22-16-19-18-12(2)20(16)14-8-9-14/h3-7,11,14H,8-10H2,1-2H3,(H,17,21)/t11-/m1/s1. The number of thioether (sulfide) groups is 1. The number of aryl methyl sites for hydroxylation is 1. The number of nitrogens with one attached hydrogen (secondary N) is 1. The van der Waals surface area contributed by atoms with E-state index < -0.39 is 0 Å². The van der Waals surface area contributed by atoms with Crippen LogP contribution in [0, 0.1) is 6.92 Å². The zero-order chi connectivity index (χ0) is 15.5. The lowest BCUT2D eigenvalue weighted by molar-refractivity contribution is -0.119. The van der Waals surface area contributed by atoms with Crippen LogP contribution >= 0.6 is 11.8 Å². The van der Waals surface area contributed by atoms with Crippen molar-refractivity contribution < 1.29 is 4.79 Å². The number of rotatable bonds is 6. The van der Waals surface area contributed by atoms with Crippen molar-refractivity contribution in [3.63, 3.8) is 0 Å². The average Bonchev–Trinajstić information content (AvgIpc) is 3.29. The van der Waals surface area contributed by atoms with Crippen LogP contribution in [0.15, 0.2) is 35.5 Å². The Balaban J connectivity index is 1.54. The molecule has 1 fully saturated rings. The molecular formula is C16H20N4OS. The number of hydrogen-bond donors (Lipinski definition) is 1. The first-order valence-electron chi connectivity index (χ1n) is 7.53. The van der Waals surface area contributed by atoms with Gasteiger partial charge in [0, 0.05) is 6.04 Å². The van der Waals surface area contributed by atoms with E-state index in [9.17, 15) is 4.79 Å². The third-order valence-electron chi connectivity index (χ3n) is 3.76. The zero-order valence-electron chi connectivity index (χ0n) is 12.8. The predicted octanol–water partition coefficient (Wildman–Crippen LogP) is 2.89. The average molecular weight is 316 g/mol. The first-order chi connectivity index (χ1) is 10.6. The molecule has 1 N–H and O–H groups in total. The van der Waals surface area contributed by atoms with Crippen LogP contribution in [-0.2, 0) is 4.79 Å². The van der Waals surface area contributed by atoms with Gasteiger partial charge in [-0.25, -0.2) is 0 Å². The molecular weight excluding hydrogens is 296 g/mol. The maximum atomic E-state index is 12.1. The molecule has 116 valence electrons. The van der Waals surface area contributed by atoms with Gasteiger partial charge in [0.15, 0.2) is 5.16 Å². The molecule has 1 amide bonds. The Hall–Kier alpha value is -1.82. The summed E-state index contributed by atoms with van der Waals surface area (Å²) in [5, 5.41) is 12.2. The van der Waals surface area contributed by atoms with Gasteiger partial charge in [-0.3, -0.25) is 4.79 Å². The summed E-state index contributed by atoms with van der Waals surface area (Å²) < 4.78 is 2.15. The zero-order valence-corrected chi connectivity index (χ0v) is 13.6. The van der Waals surface area contributed by atoms with Crippen molar-refractivity contribution in [1.29, 1.82) is 0 Å². The van der Waals surface area contributed by atoms with E-state index >= 15 is 0 Å². The molecule has 6 heteroatoms. The fourth-order valence-corrected chi connectivity index (χ4v) is 3.30. The second kappa shape index (κ2) is 6.52. The van der Waals surface area contributed by atoms with E-state index in [4.69, 9.17) is 0 Å². The van der Waals surface area contributed by atoms with Crippen LogP contribution in [0.1, 0.15) is 43.2 Å². The smallest absolute Gasteiger partial charge is 0.230 e. The topological polar surface area (TPSA) is 59.8 Å². The number of carbonyl (C=O) groups is 1. The van der Waals surface area contributed by atoms with Gasteiger partial charge in [-0.15, -0.1) is 10.2 Å². The molecule has 1 aliphatic carbocycles. The van der Waals surface area contributed by atoms with E-state index in [-0.39, 0.29) is 11.9 Å². The Labute approximate surface area is 134 Å². The Bertz CT molecular complexity index is 651. The number of hydrogen-bond acceptors (Lipinski definition) is 4. The molecule has 1 aromatic heterocycles. The Morgan fingerprint density at radius 2 is 2.09 bits per heavy atom. The molecule has 0 radical (unpaired) electrons. The molecule has 1 atom stereocenters. The summed E-state index contributed by atoms with van der Waals surface area (Å²) in [6.45, 7) is 3.96. The molecule has 0 spiro atoms. The van der Waals surface area contributed by atoms with Crippen LogP contribution in [0.2, 0.25) is 0 Å². The van der Waals surface area contributed by atoms with Crippen LogP contribution in [0.3, 0.4) is 0 Å². The number of aromatic nitrogens is 3.